The minimum absolute atomic E-state index is 0.0494. The summed E-state index contributed by atoms with van der Waals surface area (Å²) >= 11 is 0. The zero-order valence-corrected chi connectivity index (χ0v) is 16.8. The van der Waals surface area contributed by atoms with Crippen molar-refractivity contribution in [2.75, 3.05) is 19.8 Å². The zero-order chi connectivity index (χ0) is 19.5. The van der Waals surface area contributed by atoms with E-state index in [0.29, 0.717) is 6.61 Å². The molecule has 2 aliphatic heterocycles. The van der Waals surface area contributed by atoms with Gasteiger partial charge in [-0.05, 0) is 56.7 Å². The average Bonchev–Trinajstić information content (AvgIpc) is 3.13. The summed E-state index contributed by atoms with van der Waals surface area (Å²) < 4.78 is 25.4. The summed E-state index contributed by atoms with van der Waals surface area (Å²) in [6, 6.07) is 12.2. The van der Waals surface area contributed by atoms with Gasteiger partial charge in [0.25, 0.3) is 0 Å². The number of ether oxygens (including phenoxy) is 2. The van der Waals surface area contributed by atoms with Crippen molar-refractivity contribution in [1.29, 1.82) is 0 Å². The van der Waals surface area contributed by atoms with Gasteiger partial charge in [0.1, 0.15) is 5.82 Å². The SMILES string of the molecule is Cc1cccc(CCCC[C@@]2(c3ccc(F)cn3)CCO[C@]3(CCOC3)C2)c1. The number of benzene rings is 1. The molecule has 0 N–H and O–H groups in total. The van der Waals surface area contributed by atoms with E-state index < -0.39 is 0 Å². The van der Waals surface area contributed by atoms with E-state index in [1.807, 2.05) is 6.07 Å². The topological polar surface area (TPSA) is 31.4 Å². The molecule has 28 heavy (non-hydrogen) atoms. The fourth-order valence-electron chi connectivity index (χ4n) is 4.97. The molecule has 0 bridgehead atoms. The van der Waals surface area contributed by atoms with Crippen LogP contribution in [0.4, 0.5) is 4.39 Å². The second-order valence-electron chi connectivity index (χ2n) is 8.60. The van der Waals surface area contributed by atoms with Crippen LogP contribution in [0.25, 0.3) is 0 Å². The van der Waals surface area contributed by atoms with Crippen LogP contribution in [0.5, 0.6) is 0 Å². The number of pyridine rings is 1. The maximum Gasteiger partial charge on any atom is 0.141 e. The lowest BCUT2D eigenvalue weighted by atomic mass is 9.67. The van der Waals surface area contributed by atoms with Crippen LogP contribution in [0.1, 0.15) is 55.3 Å². The molecule has 150 valence electrons. The number of unbranched alkanes of at least 4 members (excludes halogenated alkanes) is 1. The van der Waals surface area contributed by atoms with Crippen molar-refractivity contribution in [2.24, 2.45) is 0 Å². The first-order valence-corrected chi connectivity index (χ1v) is 10.5. The lowest BCUT2D eigenvalue weighted by Gasteiger charge is -2.45. The van der Waals surface area contributed by atoms with Crippen LogP contribution in [0.15, 0.2) is 42.6 Å². The molecular formula is C24H30FNO2. The van der Waals surface area contributed by atoms with Crippen molar-refractivity contribution in [3.8, 4) is 0 Å². The molecule has 0 radical (unpaired) electrons. The number of aryl methyl sites for hydroxylation is 2. The van der Waals surface area contributed by atoms with E-state index >= 15 is 0 Å². The molecular weight excluding hydrogens is 353 g/mol. The Bertz CT molecular complexity index is 785. The van der Waals surface area contributed by atoms with E-state index in [-0.39, 0.29) is 16.8 Å². The van der Waals surface area contributed by atoms with Crippen molar-refractivity contribution in [3.63, 3.8) is 0 Å². The number of rotatable bonds is 6. The van der Waals surface area contributed by atoms with Gasteiger partial charge in [-0.2, -0.15) is 0 Å². The second kappa shape index (κ2) is 8.30. The number of nitrogens with zero attached hydrogens (tertiary/aromatic N) is 1. The Morgan fingerprint density at radius 2 is 2.04 bits per heavy atom. The Hall–Kier alpha value is -1.78. The molecule has 4 rings (SSSR count). The molecule has 2 aliphatic rings. The van der Waals surface area contributed by atoms with E-state index in [4.69, 9.17) is 9.47 Å². The fraction of sp³-hybridized carbons (Fsp3) is 0.542. The maximum atomic E-state index is 13.5. The molecule has 3 nitrogen and oxygen atoms in total. The van der Waals surface area contributed by atoms with E-state index in [0.717, 1.165) is 63.9 Å². The molecule has 1 aromatic heterocycles. The molecule has 0 unspecified atom stereocenters. The third kappa shape index (κ3) is 4.28. The maximum absolute atomic E-state index is 13.5. The molecule has 2 atom stereocenters. The van der Waals surface area contributed by atoms with Crippen molar-refractivity contribution >= 4 is 0 Å². The van der Waals surface area contributed by atoms with Gasteiger partial charge in [-0.25, -0.2) is 4.39 Å². The van der Waals surface area contributed by atoms with Gasteiger partial charge >= 0.3 is 0 Å². The first kappa shape index (κ1) is 19.5. The highest BCUT2D eigenvalue weighted by Gasteiger charge is 2.49. The van der Waals surface area contributed by atoms with Crippen molar-refractivity contribution in [2.45, 2.75) is 62.9 Å². The van der Waals surface area contributed by atoms with Crippen LogP contribution in [0.3, 0.4) is 0 Å². The summed E-state index contributed by atoms with van der Waals surface area (Å²) in [5, 5.41) is 0. The van der Waals surface area contributed by atoms with Crippen LogP contribution >= 0.6 is 0 Å². The Morgan fingerprint density at radius 1 is 1.11 bits per heavy atom. The van der Waals surface area contributed by atoms with Gasteiger partial charge in [0.05, 0.1) is 18.4 Å². The van der Waals surface area contributed by atoms with Crippen LogP contribution in [-0.2, 0) is 21.3 Å². The summed E-state index contributed by atoms with van der Waals surface area (Å²) in [6.07, 6.45) is 8.60. The molecule has 3 heterocycles. The Labute approximate surface area is 167 Å². The third-order valence-corrected chi connectivity index (χ3v) is 6.44. The number of hydrogen-bond acceptors (Lipinski definition) is 3. The molecule has 0 saturated carbocycles. The Balaban J connectivity index is 1.47. The van der Waals surface area contributed by atoms with Crippen LogP contribution in [0.2, 0.25) is 0 Å². The predicted octanol–water partition coefficient (Wildman–Crippen LogP) is 5.15. The Morgan fingerprint density at radius 3 is 2.79 bits per heavy atom. The first-order chi connectivity index (χ1) is 13.6. The Kier molecular flexibility index (Phi) is 5.79. The van der Waals surface area contributed by atoms with Gasteiger partial charge in [0.2, 0.25) is 0 Å². The minimum Gasteiger partial charge on any atom is -0.378 e. The van der Waals surface area contributed by atoms with Gasteiger partial charge in [-0.15, -0.1) is 0 Å². The van der Waals surface area contributed by atoms with Gasteiger partial charge < -0.3 is 9.47 Å². The molecule has 2 saturated heterocycles. The van der Waals surface area contributed by atoms with Gasteiger partial charge in [-0.1, -0.05) is 36.2 Å². The van der Waals surface area contributed by atoms with Gasteiger partial charge in [-0.3, -0.25) is 4.98 Å². The molecule has 4 heteroatoms. The third-order valence-electron chi connectivity index (χ3n) is 6.44. The highest BCUT2D eigenvalue weighted by atomic mass is 19.1. The molecule has 0 amide bonds. The molecule has 1 aromatic carbocycles. The van der Waals surface area contributed by atoms with Crippen molar-refractivity contribution in [1.82, 2.24) is 4.98 Å². The normalized spacial score (nSPS) is 27.4. The molecule has 1 spiro atoms. The highest BCUT2D eigenvalue weighted by Crippen LogP contribution is 2.47. The van der Waals surface area contributed by atoms with Crippen LogP contribution in [-0.4, -0.2) is 30.4 Å². The summed E-state index contributed by atoms with van der Waals surface area (Å²) in [5.41, 5.74) is 3.50. The predicted molar refractivity (Wildman–Crippen MR) is 108 cm³/mol. The minimum atomic E-state index is -0.274. The van der Waals surface area contributed by atoms with E-state index in [1.165, 1.54) is 17.3 Å². The fourth-order valence-corrected chi connectivity index (χ4v) is 4.97. The summed E-state index contributed by atoms with van der Waals surface area (Å²) in [7, 11) is 0. The quantitative estimate of drug-likeness (QED) is 0.647. The van der Waals surface area contributed by atoms with Crippen molar-refractivity contribution < 1.29 is 13.9 Å². The number of aromatic nitrogens is 1. The number of halogens is 1. The zero-order valence-electron chi connectivity index (χ0n) is 16.8. The smallest absolute Gasteiger partial charge is 0.141 e. The van der Waals surface area contributed by atoms with Crippen LogP contribution < -0.4 is 0 Å². The van der Waals surface area contributed by atoms with E-state index in [2.05, 4.69) is 36.2 Å². The standard InChI is InChI=1S/C24H30FNO2/c1-19-5-4-7-20(15-19)6-2-3-10-23(22-9-8-21(25)16-26-22)11-14-28-24(17-23)12-13-27-18-24/h4-5,7-9,15-16H,2-3,6,10-14,17-18H2,1H3/t23-,24-/m1/s1. The van der Waals surface area contributed by atoms with Crippen LogP contribution in [0, 0.1) is 12.7 Å². The average molecular weight is 384 g/mol. The largest absolute Gasteiger partial charge is 0.378 e. The molecule has 2 aromatic rings. The van der Waals surface area contributed by atoms with Gasteiger partial charge in [0.15, 0.2) is 0 Å². The number of hydrogen-bond donors (Lipinski definition) is 0. The summed E-state index contributed by atoms with van der Waals surface area (Å²) in [6.45, 7) is 4.30. The first-order valence-electron chi connectivity index (χ1n) is 10.5. The lowest BCUT2D eigenvalue weighted by molar-refractivity contribution is -0.109. The van der Waals surface area contributed by atoms with Gasteiger partial charge in [0, 0.05) is 30.7 Å². The highest BCUT2D eigenvalue weighted by molar-refractivity contribution is 5.23. The summed E-state index contributed by atoms with van der Waals surface area (Å²) in [4.78, 5) is 4.51. The van der Waals surface area contributed by atoms with Crippen molar-refractivity contribution in [3.05, 3.63) is 65.2 Å². The molecule has 0 aliphatic carbocycles. The lowest BCUT2D eigenvalue weighted by Crippen LogP contribution is -2.48. The van der Waals surface area contributed by atoms with E-state index in [1.54, 1.807) is 6.07 Å². The summed E-state index contributed by atoms with van der Waals surface area (Å²) in [5.74, 6) is -0.274. The monoisotopic (exact) mass is 383 g/mol. The second-order valence-corrected chi connectivity index (χ2v) is 8.60. The molecule has 2 fully saturated rings. The van der Waals surface area contributed by atoms with E-state index in [9.17, 15) is 4.39 Å².